The van der Waals surface area contributed by atoms with E-state index in [4.69, 9.17) is 0 Å². The molecule has 1 heterocycles. The van der Waals surface area contributed by atoms with Gasteiger partial charge in [-0.15, -0.1) is 0 Å². The third kappa shape index (κ3) is 1.57. The highest BCUT2D eigenvalue weighted by Gasteiger charge is 2.33. The zero-order valence-electron chi connectivity index (χ0n) is 9.14. The van der Waals surface area contributed by atoms with Crippen molar-refractivity contribution in [2.45, 2.75) is 32.1 Å². The summed E-state index contributed by atoms with van der Waals surface area (Å²) in [5, 5.41) is 3.48. The lowest BCUT2D eigenvalue weighted by Gasteiger charge is -2.27. The number of hydrogen-bond donors (Lipinski definition) is 1. The van der Waals surface area contributed by atoms with Gasteiger partial charge in [-0.05, 0) is 31.9 Å². The molecule has 1 nitrogen and oxygen atoms in total. The fourth-order valence-corrected chi connectivity index (χ4v) is 2.40. The van der Waals surface area contributed by atoms with Crippen LogP contribution in [0.2, 0.25) is 0 Å². The molecule has 2 rings (SSSR count). The van der Waals surface area contributed by atoms with Crippen molar-refractivity contribution in [3.05, 3.63) is 35.4 Å². The second kappa shape index (κ2) is 3.74. The van der Waals surface area contributed by atoms with E-state index in [1.54, 1.807) is 0 Å². The summed E-state index contributed by atoms with van der Waals surface area (Å²) in [6.07, 6.45) is 2.52. The van der Waals surface area contributed by atoms with Crippen molar-refractivity contribution in [1.82, 2.24) is 5.32 Å². The molecule has 1 unspecified atom stereocenters. The van der Waals surface area contributed by atoms with Crippen LogP contribution in [0, 0.1) is 6.92 Å². The Kier molecular flexibility index (Phi) is 2.60. The van der Waals surface area contributed by atoms with Crippen molar-refractivity contribution in [3.8, 4) is 0 Å². The summed E-state index contributed by atoms with van der Waals surface area (Å²) in [5.41, 5.74) is 3.27. The molecule has 0 aliphatic carbocycles. The zero-order valence-corrected chi connectivity index (χ0v) is 9.14. The van der Waals surface area contributed by atoms with E-state index in [2.05, 4.69) is 43.4 Å². The molecular formula is C13H19N. The molecule has 1 aliphatic rings. The highest BCUT2D eigenvalue weighted by atomic mass is 14.9. The molecule has 0 spiro atoms. The summed E-state index contributed by atoms with van der Waals surface area (Å²) >= 11 is 0. The molecular weight excluding hydrogens is 170 g/mol. The number of aryl methyl sites for hydroxylation is 1. The molecule has 0 bridgehead atoms. The first-order valence-electron chi connectivity index (χ1n) is 5.55. The lowest BCUT2D eigenvalue weighted by atomic mass is 9.77. The van der Waals surface area contributed by atoms with Gasteiger partial charge in [0.1, 0.15) is 0 Å². The van der Waals surface area contributed by atoms with Crippen molar-refractivity contribution in [2.24, 2.45) is 0 Å². The standard InChI is InChI=1S/C13H19N/c1-3-13(8-9-14-10-13)12-6-4-11(2)5-7-12/h4-7,14H,3,8-10H2,1-2H3. The van der Waals surface area contributed by atoms with Crippen LogP contribution in [0.3, 0.4) is 0 Å². The van der Waals surface area contributed by atoms with Gasteiger partial charge in [0.15, 0.2) is 0 Å². The smallest absolute Gasteiger partial charge is 0.00872 e. The summed E-state index contributed by atoms with van der Waals surface area (Å²) in [5.74, 6) is 0. The van der Waals surface area contributed by atoms with Crippen LogP contribution >= 0.6 is 0 Å². The summed E-state index contributed by atoms with van der Waals surface area (Å²) in [6.45, 7) is 6.76. The lowest BCUT2D eigenvalue weighted by molar-refractivity contribution is 0.454. The summed E-state index contributed by atoms with van der Waals surface area (Å²) in [4.78, 5) is 0. The minimum absolute atomic E-state index is 0.410. The Morgan fingerprint density at radius 1 is 1.29 bits per heavy atom. The third-order valence-corrected chi connectivity index (χ3v) is 3.58. The van der Waals surface area contributed by atoms with Gasteiger partial charge in [0.05, 0.1) is 0 Å². The Morgan fingerprint density at radius 3 is 2.50 bits per heavy atom. The first-order chi connectivity index (χ1) is 6.77. The van der Waals surface area contributed by atoms with Crippen molar-refractivity contribution in [2.75, 3.05) is 13.1 Å². The van der Waals surface area contributed by atoms with Gasteiger partial charge in [0.25, 0.3) is 0 Å². The molecule has 1 aromatic carbocycles. The Bertz CT molecular complexity index is 294. The molecule has 0 aromatic heterocycles. The minimum Gasteiger partial charge on any atom is -0.316 e. The van der Waals surface area contributed by atoms with Crippen LogP contribution in [-0.2, 0) is 5.41 Å². The highest BCUT2D eigenvalue weighted by molar-refractivity contribution is 5.30. The fourth-order valence-electron chi connectivity index (χ4n) is 2.40. The van der Waals surface area contributed by atoms with Gasteiger partial charge in [-0.1, -0.05) is 36.8 Å². The topological polar surface area (TPSA) is 12.0 Å². The Hall–Kier alpha value is -0.820. The summed E-state index contributed by atoms with van der Waals surface area (Å²) < 4.78 is 0. The van der Waals surface area contributed by atoms with Crippen LogP contribution in [-0.4, -0.2) is 13.1 Å². The largest absolute Gasteiger partial charge is 0.316 e. The molecule has 0 saturated carbocycles. The third-order valence-electron chi connectivity index (χ3n) is 3.58. The van der Waals surface area contributed by atoms with Gasteiger partial charge in [-0.25, -0.2) is 0 Å². The molecule has 1 aliphatic heterocycles. The number of rotatable bonds is 2. The van der Waals surface area contributed by atoms with Crippen LogP contribution in [0.4, 0.5) is 0 Å². The lowest BCUT2D eigenvalue weighted by Crippen LogP contribution is -2.27. The summed E-state index contributed by atoms with van der Waals surface area (Å²) in [6, 6.07) is 9.05. The van der Waals surface area contributed by atoms with Crippen molar-refractivity contribution < 1.29 is 0 Å². The maximum atomic E-state index is 3.48. The van der Waals surface area contributed by atoms with Crippen LogP contribution in [0.1, 0.15) is 30.9 Å². The fraction of sp³-hybridized carbons (Fsp3) is 0.538. The second-order valence-corrected chi connectivity index (χ2v) is 4.43. The van der Waals surface area contributed by atoms with E-state index in [0.29, 0.717) is 5.41 Å². The van der Waals surface area contributed by atoms with E-state index in [1.165, 1.54) is 30.5 Å². The average molecular weight is 189 g/mol. The summed E-state index contributed by atoms with van der Waals surface area (Å²) in [7, 11) is 0. The maximum absolute atomic E-state index is 3.48. The van der Waals surface area contributed by atoms with E-state index >= 15 is 0 Å². The van der Waals surface area contributed by atoms with Gasteiger partial charge in [-0.2, -0.15) is 0 Å². The Morgan fingerprint density at radius 2 is 2.00 bits per heavy atom. The molecule has 1 aromatic rings. The molecule has 0 amide bonds. The van der Waals surface area contributed by atoms with E-state index < -0.39 is 0 Å². The molecule has 14 heavy (non-hydrogen) atoms. The monoisotopic (exact) mass is 189 g/mol. The normalized spacial score (nSPS) is 26.7. The molecule has 76 valence electrons. The molecule has 1 N–H and O–H groups in total. The van der Waals surface area contributed by atoms with Gasteiger partial charge in [0, 0.05) is 12.0 Å². The zero-order chi connectivity index (χ0) is 10.0. The Labute approximate surface area is 86.5 Å². The van der Waals surface area contributed by atoms with Gasteiger partial charge >= 0.3 is 0 Å². The van der Waals surface area contributed by atoms with Crippen LogP contribution in [0.15, 0.2) is 24.3 Å². The van der Waals surface area contributed by atoms with Gasteiger partial charge < -0.3 is 5.32 Å². The molecule has 1 heteroatoms. The van der Waals surface area contributed by atoms with Crippen LogP contribution in [0.5, 0.6) is 0 Å². The highest BCUT2D eigenvalue weighted by Crippen LogP contribution is 2.33. The average Bonchev–Trinajstić information content (AvgIpc) is 2.68. The van der Waals surface area contributed by atoms with Crippen LogP contribution in [0.25, 0.3) is 0 Å². The molecule has 1 saturated heterocycles. The van der Waals surface area contributed by atoms with Gasteiger partial charge in [-0.3, -0.25) is 0 Å². The Balaban J connectivity index is 2.31. The van der Waals surface area contributed by atoms with E-state index in [0.717, 1.165) is 6.54 Å². The minimum atomic E-state index is 0.410. The van der Waals surface area contributed by atoms with Crippen LogP contribution < -0.4 is 5.32 Å². The van der Waals surface area contributed by atoms with Crippen molar-refractivity contribution >= 4 is 0 Å². The quantitative estimate of drug-likeness (QED) is 0.754. The predicted octanol–water partition coefficient (Wildman–Crippen LogP) is 2.64. The number of benzene rings is 1. The van der Waals surface area contributed by atoms with E-state index in [-0.39, 0.29) is 0 Å². The number of hydrogen-bond acceptors (Lipinski definition) is 1. The van der Waals surface area contributed by atoms with Crippen molar-refractivity contribution in [1.29, 1.82) is 0 Å². The molecule has 0 radical (unpaired) electrons. The van der Waals surface area contributed by atoms with E-state index in [9.17, 15) is 0 Å². The number of nitrogens with one attached hydrogen (secondary N) is 1. The molecule has 1 atom stereocenters. The predicted molar refractivity (Wildman–Crippen MR) is 60.6 cm³/mol. The first kappa shape index (κ1) is 9.72. The second-order valence-electron chi connectivity index (χ2n) is 4.43. The van der Waals surface area contributed by atoms with E-state index in [1.807, 2.05) is 0 Å². The SMILES string of the molecule is CCC1(c2ccc(C)cc2)CCNC1. The maximum Gasteiger partial charge on any atom is 0.00872 e. The van der Waals surface area contributed by atoms with Crippen molar-refractivity contribution in [3.63, 3.8) is 0 Å². The first-order valence-corrected chi connectivity index (χ1v) is 5.55. The van der Waals surface area contributed by atoms with Gasteiger partial charge in [0.2, 0.25) is 0 Å². The molecule has 1 fully saturated rings.